The van der Waals surface area contributed by atoms with E-state index >= 15 is 0 Å². The van der Waals surface area contributed by atoms with E-state index in [4.69, 9.17) is 23.4 Å². The highest BCUT2D eigenvalue weighted by Crippen LogP contribution is 2.03. The number of esters is 1. The van der Waals surface area contributed by atoms with Crippen molar-refractivity contribution < 1.29 is 28.2 Å². The van der Waals surface area contributed by atoms with Crippen molar-refractivity contribution >= 4 is 15.0 Å². The molecule has 130 valence electrons. The fourth-order valence-corrected chi connectivity index (χ4v) is 2.80. The zero-order chi connectivity index (χ0) is 16.8. The van der Waals surface area contributed by atoms with Crippen LogP contribution in [-0.4, -0.2) is 54.5 Å². The lowest BCUT2D eigenvalue weighted by Crippen LogP contribution is -2.25. The maximum Gasteiger partial charge on any atom is 0.333 e. The van der Waals surface area contributed by atoms with Crippen LogP contribution in [0.3, 0.4) is 0 Å². The van der Waals surface area contributed by atoms with Crippen LogP contribution in [0.15, 0.2) is 12.2 Å². The first-order chi connectivity index (χ1) is 10.5. The van der Waals surface area contributed by atoms with Crippen molar-refractivity contribution in [3.05, 3.63) is 12.2 Å². The van der Waals surface area contributed by atoms with Gasteiger partial charge in [0.05, 0.1) is 6.61 Å². The lowest BCUT2D eigenvalue weighted by atomic mass is 10.4. The molecule has 0 N–H and O–H groups in total. The molecule has 22 heavy (non-hydrogen) atoms. The van der Waals surface area contributed by atoms with E-state index in [1.165, 1.54) is 0 Å². The van der Waals surface area contributed by atoms with Gasteiger partial charge in [-0.15, -0.1) is 0 Å². The summed E-state index contributed by atoms with van der Waals surface area (Å²) in [6, 6.07) is 0.924. The molecule has 0 aromatic rings. The summed E-state index contributed by atoms with van der Waals surface area (Å²) in [7, 11) is -1.31. The minimum Gasteiger partial charge on any atom is -0.462 e. The van der Waals surface area contributed by atoms with Crippen molar-refractivity contribution in [1.29, 1.82) is 0 Å². The Morgan fingerprint density at radius 3 is 2.41 bits per heavy atom. The van der Waals surface area contributed by atoms with Gasteiger partial charge in [-0.1, -0.05) is 6.58 Å². The van der Waals surface area contributed by atoms with Gasteiger partial charge in [-0.25, -0.2) is 4.79 Å². The maximum absolute atomic E-state index is 11.2. The molecular formula is C15H30O6Si. The van der Waals surface area contributed by atoms with Crippen LogP contribution in [0, 0.1) is 0 Å². The summed E-state index contributed by atoms with van der Waals surface area (Å²) in [6.45, 7) is 13.3. The number of carbonyl (C=O) groups excluding carboxylic acids is 1. The fraction of sp³-hybridized carbons (Fsp3) is 0.800. The molecule has 0 rings (SSSR count). The Balaban J connectivity index is 3.58. The summed E-state index contributed by atoms with van der Waals surface area (Å²) >= 11 is 0. The topological polar surface area (TPSA) is 63.2 Å². The smallest absolute Gasteiger partial charge is 0.333 e. The van der Waals surface area contributed by atoms with Gasteiger partial charge in [-0.3, -0.25) is 0 Å². The van der Waals surface area contributed by atoms with Gasteiger partial charge in [0.1, 0.15) is 13.4 Å². The monoisotopic (exact) mass is 334 g/mol. The third-order valence-electron chi connectivity index (χ3n) is 2.73. The second-order valence-electron chi connectivity index (χ2n) is 4.86. The number of hydrogen-bond donors (Lipinski definition) is 0. The predicted molar refractivity (Wildman–Crippen MR) is 87.2 cm³/mol. The lowest BCUT2D eigenvalue weighted by Gasteiger charge is -2.18. The summed E-state index contributed by atoms with van der Waals surface area (Å²) in [5.41, 5.74) is 0.424. The van der Waals surface area contributed by atoms with Gasteiger partial charge in [0.15, 0.2) is 15.3 Å². The van der Waals surface area contributed by atoms with Gasteiger partial charge in [-0.05, 0) is 39.8 Å². The molecule has 0 aliphatic heterocycles. The molecule has 0 aliphatic rings. The highest BCUT2D eigenvalue weighted by atomic mass is 28.3. The molecule has 0 heterocycles. The van der Waals surface area contributed by atoms with E-state index in [2.05, 4.69) is 13.1 Å². The lowest BCUT2D eigenvalue weighted by molar-refractivity contribution is -0.177. The number of ether oxygens (including phenoxy) is 4. The minimum absolute atomic E-state index is 0.246. The molecule has 0 aliphatic carbocycles. The first-order valence-corrected chi connectivity index (χ1v) is 10.2. The average Bonchev–Trinajstić information content (AvgIpc) is 2.48. The first-order valence-electron chi connectivity index (χ1n) is 7.76. The van der Waals surface area contributed by atoms with E-state index in [1.807, 2.05) is 13.8 Å². The quantitative estimate of drug-likeness (QED) is 0.160. The predicted octanol–water partition coefficient (Wildman–Crippen LogP) is 2.24. The second kappa shape index (κ2) is 13.9. The van der Waals surface area contributed by atoms with Crippen LogP contribution < -0.4 is 0 Å². The molecule has 0 spiro atoms. The molecule has 7 heteroatoms. The standard InChI is InChI=1S/C15H30O6Si/c1-6-18-14(19-7-2)11-17-12-21-22(5)10-8-9-20-15(16)13(3)4/h14,22H,3,6-12H2,1-2,4-5H3. The number of carbonyl (C=O) groups is 1. The summed E-state index contributed by atoms with van der Waals surface area (Å²) in [6.07, 6.45) is 0.463. The second-order valence-corrected chi connectivity index (χ2v) is 7.40. The molecule has 0 aromatic carbocycles. The van der Waals surface area contributed by atoms with E-state index in [-0.39, 0.29) is 19.1 Å². The van der Waals surface area contributed by atoms with Crippen molar-refractivity contribution in [3.63, 3.8) is 0 Å². The molecule has 0 fully saturated rings. The summed E-state index contributed by atoms with van der Waals surface area (Å²) in [5.74, 6) is -0.337. The summed E-state index contributed by atoms with van der Waals surface area (Å²) < 4.78 is 26.8. The largest absolute Gasteiger partial charge is 0.462 e. The molecule has 6 nitrogen and oxygen atoms in total. The van der Waals surface area contributed by atoms with E-state index < -0.39 is 9.04 Å². The van der Waals surface area contributed by atoms with Crippen molar-refractivity contribution in [2.45, 2.75) is 46.1 Å². The Labute approximate surface area is 135 Å². The van der Waals surface area contributed by atoms with Gasteiger partial charge in [0, 0.05) is 18.8 Å². The Morgan fingerprint density at radius 1 is 1.23 bits per heavy atom. The van der Waals surface area contributed by atoms with Gasteiger partial charge in [0.2, 0.25) is 0 Å². The van der Waals surface area contributed by atoms with Gasteiger partial charge in [-0.2, -0.15) is 0 Å². The molecule has 1 unspecified atom stereocenters. The van der Waals surface area contributed by atoms with E-state index in [1.54, 1.807) is 6.92 Å². The van der Waals surface area contributed by atoms with Gasteiger partial charge < -0.3 is 23.4 Å². The van der Waals surface area contributed by atoms with Crippen LogP contribution in [0.5, 0.6) is 0 Å². The van der Waals surface area contributed by atoms with Gasteiger partial charge in [0.25, 0.3) is 0 Å². The molecule has 1 atom stereocenters. The van der Waals surface area contributed by atoms with Crippen LogP contribution in [0.25, 0.3) is 0 Å². The van der Waals surface area contributed by atoms with Crippen LogP contribution in [0.4, 0.5) is 0 Å². The van der Waals surface area contributed by atoms with E-state index in [0.717, 1.165) is 12.5 Å². The van der Waals surface area contributed by atoms with Crippen molar-refractivity contribution in [2.75, 3.05) is 33.2 Å². The Hall–Kier alpha value is -0.733. The number of hydrogen-bond acceptors (Lipinski definition) is 6. The van der Waals surface area contributed by atoms with Crippen molar-refractivity contribution in [3.8, 4) is 0 Å². The summed E-state index contributed by atoms with van der Waals surface area (Å²) in [5, 5.41) is 0. The highest BCUT2D eigenvalue weighted by Gasteiger charge is 2.10. The first kappa shape index (κ1) is 21.3. The van der Waals surface area contributed by atoms with Crippen LogP contribution in [0.2, 0.25) is 12.6 Å². The molecule has 0 saturated heterocycles. The van der Waals surface area contributed by atoms with E-state index in [0.29, 0.717) is 32.0 Å². The minimum atomic E-state index is -1.31. The number of rotatable bonds is 14. The zero-order valence-electron chi connectivity index (χ0n) is 14.3. The molecule has 0 amide bonds. The van der Waals surface area contributed by atoms with Gasteiger partial charge >= 0.3 is 5.97 Å². The zero-order valence-corrected chi connectivity index (χ0v) is 15.4. The Bertz CT molecular complexity index is 304. The average molecular weight is 334 g/mol. The Kier molecular flexibility index (Phi) is 13.4. The van der Waals surface area contributed by atoms with Crippen LogP contribution in [-0.2, 0) is 28.2 Å². The molecule has 0 bridgehead atoms. The Morgan fingerprint density at radius 2 is 1.86 bits per heavy atom. The third-order valence-corrected chi connectivity index (χ3v) is 4.66. The van der Waals surface area contributed by atoms with E-state index in [9.17, 15) is 4.79 Å². The highest BCUT2D eigenvalue weighted by molar-refractivity contribution is 6.50. The van der Waals surface area contributed by atoms with Crippen molar-refractivity contribution in [2.24, 2.45) is 0 Å². The van der Waals surface area contributed by atoms with Crippen LogP contribution in [0.1, 0.15) is 27.2 Å². The molecule has 0 saturated carbocycles. The molecule has 0 aromatic heterocycles. The molecule has 0 radical (unpaired) electrons. The normalized spacial score (nSPS) is 12.4. The molecular weight excluding hydrogens is 304 g/mol. The summed E-state index contributed by atoms with van der Waals surface area (Å²) in [4.78, 5) is 11.2. The van der Waals surface area contributed by atoms with Crippen molar-refractivity contribution in [1.82, 2.24) is 0 Å². The van der Waals surface area contributed by atoms with Crippen LogP contribution >= 0.6 is 0 Å². The fourth-order valence-electron chi connectivity index (χ4n) is 1.57. The SMILES string of the molecule is C=C(C)C(=O)OCCC[SiH](C)OCOCC(OCC)OCC. The third kappa shape index (κ3) is 11.9. The maximum atomic E-state index is 11.2.